The van der Waals surface area contributed by atoms with Crippen molar-refractivity contribution in [1.29, 1.82) is 5.26 Å². The van der Waals surface area contributed by atoms with Gasteiger partial charge in [-0.25, -0.2) is 0 Å². The van der Waals surface area contributed by atoms with Crippen LogP contribution >= 0.6 is 23.2 Å². The Morgan fingerprint density at radius 2 is 1.86 bits per heavy atom. The fraction of sp³-hybridized carbons (Fsp3) is 0.217. The van der Waals surface area contributed by atoms with Gasteiger partial charge in [-0.1, -0.05) is 59.6 Å². The van der Waals surface area contributed by atoms with E-state index in [4.69, 9.17) is 23.2 Å². The zero-order chi connectivity index (χ0) is 19.8. The third kappa shape index (κ3) is 3.24. The summed E-state index contributed by atoms with van der Waals surface area (Å²) in [6, 6.07) is 17.6. The Hall–Kier alpha value is -2.54. The number of nitriles is 1. The van der Waals surface area contributed by atoms with Gasteiger partial charge in [-0.2, -0.15) is 5.26 Å². The van der Waals surface area contributed by atoms with E-state index >= 15 is 0 Å². The number of ketones is 1. The first-order valence-corrected chi connectivity index (χ1v) is 9.89. The number of carbonyl (C=O) groups is 1. The van der Waals surface area contributed by atoms with Gasteiger partial charge in [0.2, 0.25) is 0 Å². The van der Waals surface area contributed by atoms with Gasteiger partial charge in [-0.05, 0) is 42.5 Å². The number of halogens is 2. The molecule has 5 heteroatoms. The SMILES string of the molecule is CC1=C(C#N)[C@@H](c2ccc(Cl)cc2Cl)C2=C(C[C@H](c3ccccc3)CC2=O)N1. The minimum Gasteiger partial charge on any atom is -0.361 e. The highest BCUT2D eigenvalue weighted by atomic mass is 35.5. The van der Waals surface area contributed by atoms with Crippen LogP contribution in [0.5, 0.6) is 0 Å². The van der Waals surface area contributed by atoms with Crippen molar-refractivity contribution in [3.8, 4) is 6.07 Å². The monoisotopic (exact) mass is 408 g/mol. The number of nitrogens with one attached hydrogen (secondary N) is 1. The molecule has 0 amide bonds. The zero-order valence-electron chi connectivity index (χ0n) is 15.3. The first-order valence-electron chi connectivity index (χ1n) is 9.13. The molecule has 28 heavy (non-hydrogen) atoms. The van der Waals surface area contributed by atoms with Crippen LogP contribution in [-0.2, 0) is 4.79 Å². The van der Waals surface area contributed by atoms with Crippen LogP contribution in [0.25, 0.3) is 0 Å². The van der Waals surface area contributed by atoms with E-state index < -0.39 is 5.92 Å². The molecule has 0 spiro atoms. The number of Topliss-reactive ketones (excluding diaryl/α,β-unsaturated/α-hetero) is 1. The fourth-order valence-electron chi connectivity index (χ4n) is 4.19. The van der Waals surface area contributed by atoms with Crippen molar-refractivity contribution in [2.75, 3.05) is 0 Å². The molecule has 2 aliphatic rings. The number of hydrogen-bond acceptors (Lipinski definition) is 3. The Balaban J connectivity index is 1.82. The van der Waals surface area contributed by atoms with Gasteiger partial charge < -0.3 is 5.32 Å². The van der Waals surface area contributed by atoms with E-state index in [1.54, 1.807) is 12.1 Å². The average Bonchev–Trinajstić information content (AvgIpc) is 2.67. The smallest absolute Gasteiger partial charge is 0.162 e. The molecule has 2 aromatic carbocycles. The maximum atomic E-state index is 13.2. The Kier molecular flexibility index (Phi) is 5.02. The van der Waals surface area contributed by atoms with E-state index in [-0.39, 0.29) is 11.7 Å². The molecule has 0 saturated carbocycles. The molecule has 1 aliphatic carbocycles. The molecule has 1 heterocycles. The van der Waals surface area contributed by atoms with Gasteiger partial charge in [0.05, 0.1) is 17.6 Å². The lowest BCUT2D eigenvalue weighted by Crippen LogP contribution is -2.33. The van der Waals surface area contributed by atoms with Gasteiger partial charge in [0.25, 0.3) is 0 Å². The first kappa shape index (κ1) is 18.8. The normalized spacial score (nSPS) is 21.9. The van der Waals surface area contributed by atoms with Crippen LogP contribution in [0.4, 0.5) is 0 Å². The molecule has 0 radical (unpaired) electrons. The molecule has 0 aromatic heterocycles. The number of benzene rings is 2. The second-order valence-corrected chi connectivity index (χ2v) is 8.05. The summed E-state index contributed by atoms with van der Waals surface area (Å²) < 4.78 is 0. The minimum absolute atomic E-state index is 0.0545. The van der Waals surface area contributed by atoms with Crippen molar-refractivity contribution < 1.29 is 4.79 Å². The van der Waals surface area contributed by atoms with Crippen LogP contribution in [0, 0.1) is 11.3 Å². The van der Waals surface area contributed by atoms with Gasteiger partial charge >= 0.3 is 0 Å². The van der Waals surface area contributed by atoms with Crippen molar-refractivity contribution >= 4 is 29.0 Å². The largest absolute Gasteiger partial charge is 0.361 e. The van der Waals surface area contributed by atoms with E-state index in [0.717, 1.165) is 28.9 Å². The van der Waals surface area contributed by atoms with Crippen LogP contribution in [0.1, 0.15) is 42.7 Å². The number of allylic oxidation sites excluding steroid dienone is 4. The molecule has 0 saturated heterocycles. The molecule has 140 valence electrons. The summed E-state index contributed by atoms with van der Waals surface area (Å²) in [4.78, 5) is 13.2. The lowest BCUT2D eigenvalue weighted by atomic mass is 9.72. The summed E-state index contributed by atoms with van der Waals surface area (Å²) in [6.45, 7) is 1.87. The molecule has 2 aromatic rings. The molecule has 0 fully saturated rings. The Bertz CT molecular complexity index is 1060. The zero-order valence-corrected chi connectivity index (χ0v) is 16.8. The highest BCUT2D eigenvalue weighted by Crippen LogP contribution is 2.46. The first-order chi connectivity index (χ1) is 13.5. The molecule has 3 nitrogen and oxygen atoms in total. The van der Waals surface area contributed by atoms with Crippen LogP contribution < -0.4 is 5.32 Å². The van der Waals surface area contributed by atoms with Gasteiger partial charge in [0.1, 0.15) is 0 Å². The van der Waals surface area contributed by atoms with E-state index in [9.17, 15) is 10.1 Å². The van der Waals surface area contributed by atoms with E-state index in [2.05, 4.69) is 23.5 Å². The Morgan fingerprint density at radius 1 is 1.11 bits per heavy atom. The van der Waals surface area contributed by atoms with Crippen molar-refractivity contribution in [2.24, 2.45) is 0 Å². The van der Waals surface area contributed by atoms with Gasteiger partial charge in [0.15, 0.2) is 5.78 Å². The maximum Gasteiger partial charge on any atom is 0.162 e. The lowest BCUT2D eigenvalue weighted by molar-refractivity contribution is -0.116. The highest BCUT2D eigenvalue weighted by Gasteiger charge is 2.39. The lowest BCUT2D eigenvalue weighted by Gasteiger charge is -2.36. The number of dihydropyridines is 1. The molecular formula is C23H18Cl2N2O. The molecule has 0 bridgehead atoms. The quantitative estimate of drug-likeness (QED) is 0.674. The molecule has 1 N–H and O–H groups in total. The van der Waals surface area contributed by atoms with Crippen molar-refractivity contribution in [1.82, 2.24) is 5.32 Å². The van der Waals surface area contributed by atoms with E-state index in [1.807, 2.05) is 31.2 Å². The second kappa shape index (κ2) is 7.47. The summed E-state index contributed by atoms with van der Waals surface area (Å²) in [6.07, 6.45) is 1.15. The predicted molar refractivity (Wildman–Crippen MR) is 111 cm³/mol. The fourth-order valence-corrected chi connectivity index (χ4v) is 4.71. The van der Waals surface area contributed by atoms with Gasteiger partial charge in [-0.3, -0.25) is 4.79 Å². The topological polar surface area (TPSA) is 52.9 Å². The van der Waals surface area contributed by atoms with Gasteiger partial charge in [0, 0.05) is 33.4 Å². The predicted octanol–water partition coefficient (Wildman–Crippen LogP) is 5.88. The second-order valence-electron chi connectivity index (χ2n) is 7.21. The molecule has 2 atom stereocenters. The number of rotatable bonds is 2. The van der Waals surface area contributed by atoms with E-state index in [0.29, 0.717) is 27.6 Å². The van der Waals surface area contributed by atoms with Crippen LogP contribution in [0.2, 0.25) is 10.0 Å². The van der Waals surface area contributed by atoms with E-state index in [1.165, 1.54) is 0 Å². The molecule has 4 rings (SSSR count). The number of nitrogens with zero attached hydrogens (tertiary/aromatic N) is 1. The Labute approximate surface area is 174 Å². The number of hydrogen-bond donors (Lipinski definition) is 1. The molecule has 1 aliphatic heterocycles. The van der Waals surface area contributed by atoms with Gasteiger partial charge in [-0.15, -0.1) is 0 Å². The van der Waals surface area contributed by atoms with Crippen LogP contribution in [0.3, 0.4) is 0 Å². The summed E-state index contributed by atoms with van der Waals surface area (Å²) in [5.41, 5.74) is 4.71. The summed E-state index contributed by atoms with van der Waals surface area (Å²) in [7, 11) is 0. The molecule has 0 unspecified atom stereocenters. The van der Waals surface area contributed by atoms with Crippen molar-refractivity contribution in [3.63, 3.8) is 0 Å². The van der Waals surface area contributed by atoms with Crippen LogP contribution in [0.15, 0.2) is 71.1 Å². The van der Waals surface area contributed by atoms with Crippen LogP contribution in [-0.4, -0.2) is 5.78 Å². The highest BCUT2D eigenvalue weighted by molar-refractivity contribution is 6.35. The maximum absolute atomic E-state index is 13.2. The summed E-state index contributed by atoms with van der Waals surface area (Å²) >= 11 is 12.5. The number of carbonyl (C=O) groups excluding carboxylic acids is 1. The van der Waals surface area contributed by atoms with Crippen molar-refractivity contribution in [2.45, 2.75) is 31.6 Å². The standard InChI is InChI=1S/C23H18Cl2N2O/c1-13-18(12-26)22(17-8-7-16(24)11-19(17)25)23-20(27-13)9-15(10-21(23)28)14-5-3-2-4-6-14/h2-8,11,15,22,27H,9-10H2,1H3/t15-,22+/m0/s1. The third-order valence-corrected chi connectivity index (χ3v) is 6.05. The summed E-state index contributed by atoms with van der Waals surface area (Å²) in [5, 5.41) is 14.1. The average molecular weight is 409 g/mol. The third-order valence-electron chi connectivity index (χ3n) is 5.49. The summed E-state index contributed by atoms with van der Waals surface area (Å²) in [5.74, 6) is -0.285. The van der Waals surface area contributed by atoms with Crippen molar-refractivity contribution in [3.05, 3.63) is 92.2 Å². The Morgan fingerprint density at radius 3 is 2.54 bits per heavy atom. The minimum atomic E-state index is -0.463. The molecular weight excluding hydrogens is 391 g/mol.